The Labute approximate surface area is 150 Å². The number of benzene rings is 1. The molecule has 0 atom stereocenters. The zero-order valence-corrected chi connectivity index (χ0v) is 15.3. The third-order valence-corrected chi connectivity index (χ3v) is 5.03. The van der Waals surface area contributed by atoms with E-state index in [4.69, 9.17) is 9.47 Å². The van der Waals surface area contributed by atoms with Crippen molar-refractivity contribution in [2.24, 2.45) is 0 Å². The molecule has 25 heavy (non-hydrogen) atoms. The molecule has 0 unspecified atom stereocenters. The van der Waals surface area contributed by atoms with Gasteiger partial charge in [0.15, 0.2) is 11.5 Å². The molecule has 1 aromatic carbocycles. The number of nitrogens with zero attached hydrogens (tertiary/aromatic N) is 2. The highest BCUT2D eigenvalue weighted by atomic mass is 16.7. The summed E-state index contributed by atoms with van der Waals surface area (Å²) in [6.07, 6.45) is 1.98. The lowest BCUT2D eigenvalue weighted by atomic mass is 10.1. The van der Waals surface area contributed by atoms with Gasteiger partial charge in [0.25, 0.3) is 0 Å². The number of hydrogen-bond acceptors (Lipinski definition) is 5. The van der Waals surface area contributed by atoms with Gasteiger partial charge in [-0.2, -0.15) is 0 Å². The number of rotatable bonds is 7. The third-order valence-electron chi connectivity index (χ3n) is 5.03. The van der Waals surface area contributed by atoms with Crippen molar-refractivity contribution >= 4 is 5.91 Å². The van der Waals surface area contributed by atoms with Crippen LogP contribution in [-0.2, 0) is 11.3 Å². The first-order valence-corrected chi connectivity index (χ1v) is 9.30. The molecule has 1 saturated heterocycles. The van der Waals surface area contributed by atoms with Crippen molar-refractivity contribution in [3.05, 3.63) is 23.8 Å². The predicted molar refractivity (Wildman–Crippen MR) is 96.8 cm³/mol. The standard InChI is InChI=1S/C19H29N3O3/c1-3-16(4-2)20-19(23)13-22-9-7-21(8-10-22)12-15-5-6-17-18(11-15)25-14-24-17/h5-6,11,16H,3-4,7-10,12-14H2,1-2H3,(H,20,23). The highest BCUT2D eigenvalue weighted by Crippen LogP contribution is 2.32. The van der Waals surface area contributed by atoms with Gasteiger partial charge in [0.2, 0.25) is 12.7 Å². The molecule has 0 saturated carbocycles. The van der Waals surface area contributed by atoms with Gasteiger partial charge in [0.1, 0.15) is 0 Å². The Morgan fingerprint density at radius 1 is 1.08 bits per heavy atom. The molecule has 2 aliphatic heterocycles. The van der Waals surface area contributed by atoms with Gasteiger partial charge in [-0.05, 0) is 30.5 Å². The van der Waals surface area contributed by atoms with E-state index in [2.05, 4.69) is 41.1 Å². The second-order valence-corrected chi connectivity index (χ2v) is 6.82. The molecule has 0 bridgehead atoms. The maximum absolute atomic E-state index is 12.1. The van der Waals surface area contributed by atoms with Gasteiger partial charge in [0.05, 0.1) is 6.54 Å². The summed E-state index contributed by atoms with van der Waals surface area (Å²) in [5.41, 5.74) is 1.24. The van der Waals surface area contributed by atoms with E-state index in [1.165, 1.54) is 5.56 Å². The molecule has 2 heterocycles. The number of carbonyl (C=O) groups excluding carboxylic acids is 1. The second kappa shape index (κ2) is 8.54. The number of carbonyl (C=O) groups is 1. The van der Waals surface area contributed by atoms with Gasteiger partial charge in [-0.15, -0.1) is 0 Å². The van der Waals surface area contributed by atoms with Crippen molar-refractivity contribution in [1.82, 2.24) is 15.1 Å². The first-order valence-electron chi connectivity index (χ1n) is 9.30. The average Bonchev–Trinajstić information content (AvgIpc) is 3.09. The van der Waals surface area contributed by atoms with E-state index in [0.717, 1.165) is 57.1 Å². The van der Waals surface area contributed by atoms with E-state index in [1.807, 2.05) is 6.07 Å². The Morgan fingerprint density at radius 3 is 2.48 bits per heavy atom. The molecule has 1 amide bonds. The van der Waals surface area contributed by atoms with Crippen molar-refractivity contribution in [2.45, 2.75) is 39.3 Å². The summed E-state index contributed by atoms with van der Waals surface area (Å²) < 4.78 is 10.8. The molecule has 138 valence electrons. The molecule has 3 rings (SSSR count). The second-order valence-electron chi connectivity index (χ2n) is 6.82. The Hall–Kier alpha value is -1.79. The fourth-order valence-electron chi connectivity index (χ4n) is 3.37. The van der Waals surface area contributed by atoms with Crippen molar-refractivity contribution in [1.29, 1.82) is 0 Å². The van der Waals surface area contributed by atoms with Crippen LogP contribution in [0.3, 0.4) is 0 Å². The Bertz CT molecular complexity index is 581. The molecule has 0 aliphatic carbocycles. The number of nitrogens with one attached hydrogen (secondary N) is 1. The molecular formula is C19H29N3O3. The smallest absolute Gasteiger partial charge is 0.234 e. The van der Waals surface area contributed by atoms with Crippen LogP contribution < -0.4 is 14.8 Å². The Balaban J connectivity index is 1.42. The molecule has 0 aromatic heterocycles. The molecular weight excluding hydrogens is 318 g/mol. The first kappa shape index (κ1) is 18.0. The van der Waals surface area contributed by atoms with E-state index in [1.54, 1.807) is 0 Å². The summed E-state index contributed by atoms with van der Waals surface area (Å²) in [5.74, 6) is 1.82. The molecule has 1 fully saturated rings. The molecule has 0 spiro atoms. The molecule has 2 aliphatic rings. The summed E-state index contributed by atoms with van der Waals surface area (Å²) in [5, 5.41) is 3.12. The monoisotopic (exact) mass is 347 g/mol. The molecule has 1 N–H and O–H groups in total. The van der Waals surface area contributed by atoms with Crippen LogP contribution in [0.25, 0.3) is 0 Å². The largest absolute Gasteiger partial charge is 0.454 e. The Kier molecular flexibility index (Phi) is 6.15. The van der Waals surface area contributed by atoms with Crippen molar-refractivity contribution in [3.63, 3.8) is 0 Å². The lowest BCUT2D eigenvalue weighted by Crippen LogP contribution is -2.50. The molecule has 6 nitrogen and oxygen atoms in total. The normalized spacial score (nSPS) is 17.9. The summed E-state index contributed by atoms with van der Waals surface area (Å²) in [6, 6.07) is 6.46. The number of ether oxygens (including phenoxy) is 2. The summed E-state index contributed by atoms with van der Waals surface area (Å²) in [7, 11) is 0. The zero-order chi connectivity index (χ0) is 17.6. The number of amides is 1. The maximum atomic E-state index is 12.1. The topological polar surface area (TPSA) is 54.0 Å². The lowest BCUT2D eigenvalue weighted by Gasteiger charge is -2.34. The fraction of sp³-hybridized carbons (Fsp3) is 0.632. The first-order chi connectivity index (χ1) is 12.2. The van der Waals surface area contributed by atoms with Crippen LogP contribution in [0.4, 0.5) is 0 Å². The maximum Gasteiger partial charge on any atom is 0.234 e. The fourth-order valence-corrected chi connectivity index (χ4v) is 3.37. The molecule has 0 radical (unpaired) electrons. The van der Waals surface area contributed by atoms with Gasteiger partial charge in [-0.3, -0.25) is 14.6 Å². The van der Waals surface area contributed by atoms with Crippen molar-refractivity contribution < 1.29 is 14.3 Å². The SMILES string of the molecule is CCC(CC)NC(=O)CN1CCN(Cc2ccc3c(c2)OCO3)CC1. The van der Waals surface area contributed by atoms with Gasteiger partial charge < -0.3 is 14.8 Å². The van der Waals surface area contributed by atoms with Gasteiger partial charge in [0, 0.05) is 38.8 Å². The van der Waals surface area contributed by atoms with Gasteiger partial charge in [-0.1, -0.05) is 19.9 Å². The number of piperazine rings is 1. The molecule has 1 aromatic rings. The summed E-state index contributed by atoms with van der Waals surface area (Å²) >= 11 is 0. The number of fused-ring (bicyclic) bond motifs is 1. The highest BCUT2D eigenvalue weighted by Gasteiger charge is 2.21. The quantitative estimate of drug-likeness (QED) is 0.816. The van der Waals surface area contributed by atoms with E-state index in [0.29, 0.717) is 19.4 Å². The van der Waals surface area contributed by atoms with Crippen molar-refractivity contribution in [2.75, 3.05) is 39.5 Å². The van der Waals surface area contributed by atoms with Crippen LogP contribution >= 0.6 is 0 Å². The van der Waals surface area contributed by atoms with E-state index in [-0.39, 0.29) is 5.91 Å². The summed E-state index contributed by atoms with van der Waals surface area (Å²) in [6.45, 7) is 9.78. The van der Waals surface area contributed by atoms with Gasteiger partial charge in [-0.25, -0.2) is 0 Å². The molecule has 6 heteroatoms. The predicted octanol–water partition coefficient (Wildman–Crippen LogP) is 1.84. The van der Waals surface area contributed by atoms with Crippen LogP contribution in [0, 0.1) is 0 Å². The third kappa shape index (κ3) is 4.86. The van der Waals surface area contributed by atoms with Crippen LogP contribution in [0.2, 0.25) is 0 Å². The van der Waals surface area contributed by atoms with Gasteiger partial charge >= 0.3 is 0 Å². The van der Waals surface area contributed by atoms with Crippen LogP contribution in [0.5, 0.6) is 11.5 Å². The minimum Gasteiger partial charge on any atom is -0.454 e. The van der Waals surface area contributed by atoms with E-state index >= 15 is 0 Å². The van der Waals surface area contributed by atoms with Crippen LogP contribution in [0.15, 0.2) is 18.2 Å². The summed E-state index contributed by atoms with van der Waals surface area (Å²) in [4.78, 5) is 16.8. The highest BCUT2D eigenvalue weighted by molar-refractivity contribution is 5.78. The zero-order valence-electron chi connectivity index (χ0n) is 15.3. The minimum atomic E-state index is 0.151. The average molecular weight is 347 g/mol. The van der Waals surface area contributed by atoms with Crippen LogP contribution in [-0.4, -0.2) is 61.3 Å². The van der Waals surface area contributed by atoms with E-state index in [9.17, 15) is 4.79 Å². The van der Waals surface area contributed by atoms with E-state index < -0.39 is 0 Å². The Morgan fingerprint density at radius 2 is 1.76 bits per heavy atom. The lowest BCUT2D eigenvalue weighted by molar-refractivity contribution is -0.123. The van der Waals surface area contributed by atoms with Crippen LogP contribution in [0.1, 0.15) is 32.3 Å². The minimum absolute atomic E-state index is 0.151. The number of hydrogen-bond donors (Lipinski definition) is 1. The van der Waals surface area contributed by atoms with Crippen molar-refractivity contribution in [3.8, 4) is 11.5 Å².